The fourth-order valence-corrected chi connectivity index (χ4v) is 5.50. The van der Waals surface area contributed by atoms with E-state index in [2.05, 4.69) is 61.1 Å². The summed E-state index contributed by atoms with van der Waals surface area (Å²) in [6, 6.07) is 9.56. The van der Waals surface area contributed by atoms with Crippen LogP contribution in [0, 0.1) is 0 Å². The van der Waals surface area contributed by atoms with Gasteiger partial charge in [-0.05, 0) is 74.2 Å². The SMILES string of the molecule is Nc1nc2ncc(CNc3ccc(C(=O)N[C@@H](CCC(=O)[O-])C(=O)O)cc3)nc2c(=O)[nH]1.Nc1nc2ncc(CNc3ccc(C(=O)N[C@@H](CCC(=O)[O-])C(=O)O)cc3)nc2c(=O)[nH]1.[Fe+2]. The second-order valence-corrected chi connectivity index (χ2v) is 13.4. The predicted molar refractivity (Wildman–Crippen MR) is 219 cm³/mol. The molecule has 0 spiro atoms. The number of H-pyrrole nitrogens is 2. The van der Waals surface area contributed by atoms with E-state index in [0.717, 1.165) is 0 Å². The van der Waals surface area contributed by atoms with Crippen molar-refractivity contribution < 1.29 is 66.3 Å². The standard InChI is InChI=1S/2C19H19N7O6.Fe/c2*20-19-25-15-14(17(30)26-19)23-11(8-22-15)7-21-10-3-1-9(2-4-10)16(29)24-12(18(31)32)5-6-13(27)28;/h2*1-4,8,12,21H,5-7H2,(H,24,29)(H,27,28)(H,31,32)(H3,20,22,25,26,30);/q;;+2/p-2/t2*12-;/m00./s1. The molecule has 2 atom stereocenters. The molecule has 0 aliphatic carbocycles. The Morgan fingerprint density at radius 1 is 0.600 bits per heavy atom. The van der Waals surface area contributed by atoms with Gasteiger partial charge in [0.2, 0.25) is 11.9 Å². The van der Waals surface area contributed by atoms with Crippen LogP contribution in [-0.2, 0) is 49.3 Å². The van der Waals surface area contributed by atoms with Crippen molar-refractivity contribution in [3.63, 3.8) is 0 Å². The van der Waals surface area contributed by atoms with Gasteiger partial charge in [0.05, 0.1) is 36.9 Å². The fourth-order valence-electron chi connectivity index (χ4n) is 5.50. The maximum absolute atomic E-state index is 12.3. The van der Waals surface area contributed by atoms with Gasteiger partial charge < -0.3 is 62.7 Å². The largest absolute Gasteiger partial charge is 2.00 e. The molecule has 0 bridgehead atoms. The van der Waals surface area contributed by atoms with E-state index in [9.17, 15) is 48.6 Å². The van der Waals surface area contributed by atoms with Gasteiger partial charge in [0.15, 0.2) is 22.3 Å². The minimum atomic E-state index is -1.40. The Bertz CT molecular complexity index is 2650. The molecule has 6 aromatic rings. The zero-order valence-corrected chi connectivity index (χ0v) is 34.4. The van der Waals surface area contributed by atoms with E-state index in [-0.39, 0.29) is 88.4 Å². The Morgan fingerprint density at radius 2 is 0.954 bits per heavy atom. The van der Waals surface area contributed by atoms with Crippen molar-refractivity contribution in [2.45, 2.75) is 50.9 Å². The van der Waals surface area contributed by atoms with Crippen LogP contribution < -0.4 is 54.1 Å². The number of rotatable bonds is 18. The molecular formula is C38H36FeN14O12. The number of carboxylic acid groups (broad SMARTS) is 4. The first-order valence-electron chi connectivity index (χ1n) is 18.6. The van der Waals surface area contributed by atoms with Gasteiger partial charge in [-0.1, -0.05) is 0 Å². The van der Waals surface area contributed by atoms with Crippen LogP contribution in [0.1, 0.15) is 57.8 Å². The molecule has 0 fully saturated rings. The number of hydrogen-bond acceptors (Lipinski definition) is 20. The first-order valence-corrected chi connectivity index (χ1v) is 18.6. The average molecular weight is 937 g/mol. The van der Waals surface area contributed by atoms with Crippen molar-refractivity contribution in [2.24, 2.45) is 0 Å². The molecule has 0 aliphatic rings. The summed E-state index contributed by atoms with van der Waals surface area (Å²) in [6.45, 7) is 0.450. The molecule has 12 N–H and O–H groups in total. The number of nitrogens with two attached hydrogens (primary N) is 2. The molecule has 0 saturated carbocycles. The van der Waals surface area contributed by atoms with E-state index in [1.54, 1.807) is 24.3 Å². The number of nitrogens with zero attached hydrogens (tertiary/aromatic N) is 6. The number of nitrogens with one attached hydrogen (secondary N) is 6. The average Bonchev–Trinajstić information content (AvgIpc) is 3.25. The number of carboxylic acids is 4. The van der Waals surface area contributed by atoms with E-state index >= 15 is 0 Å². The Labute approximate surface area is 374 Å². The van der Waals surface area contributed by atoms with E-state index < -0.39 is 71.7 Å². The molecule has 26 nitrogen and oxygen atoms in total. The summed E-state index contributed by atoms with van der Waals surface area (Å²) in [7, 11) is 0. The van der Waals surface area contributed by atoms with Crippen molar-refractivity contribution >= 4 is 81.3 Å². The van der Waals surface area contributed by atoms with Crippen LogP contribution in [0.25, 0.3) is 22.3 Å². The zero-order chi connectivity index (χ0) is 46.5. The van der Waals surface area contributed by atoms with Crippen LogP contribution in [0.15, 0.2) is 70.5 Å². The summed E-state index contributed by atoms with van der Waals surface area (Å²) in [4.78, 5) is 121. The number of carbonyl (C=O) groups is 6. The van der Waals surface area contributed by atoms with E-state index in [1.165, 1.54) is 36.7 Å². The van der Waals surface area contributed by atoms with Crippen molar-refractivity contribution in [3.8, 4) is 0 Å². The number of fused-ring (bicyclic) bond motifs is 2. The molecule has 0 radical (unpaired) electrons. The Balaban J connectivity index is 0.000000280. The number of aromatic nitrogens is 8. The third kappa shape index (κ3) is 14.2. The van der Waals surface area contributed by atoms with Gasteiger partial charge in [0, 0.05) is 34.4 Å². The maximum atomic E-state index is 12.3. The van der Waals surface area contributed by atoms with Gasteiger partial charge >= 0.3 is 29.0 Å². The number of hydrogen-bond donors (Lipinski definition) is 10. The quantitative estimate of drug-likeness (QED) is 0.0390. The monoisotopic (exact) mass is 936 g/mol. The molecule has 0 aliphatic heterocycles. The van der Waals surface area contributed by atoms with Crippen molar-refractivity contribution in [2.75, 3.05) is 22.1 Å². The molecule has 4 aromatic heterocycles. The van der Waals surface area contributed by atoms with Gasteiger partial charge in [0.25, 0.3) is 22.9 Å². The first-order chi connectivity index (χ1) is 30.4. The summed E-state index contributed by atoms with van der Waals surface area (Å²) in [5.74, 6) is -6.91. The molecule has 4 heterocycles. The topological polar surface area (TPSA) is 432 Å². The number of nitrogen functional groups attached to an aromatic ring is 2. The number of amides is 2. The molecule has 2 amide bonds. The van der Waals surface area contributed by atoms with Gasteiger partial charge in [-0.2, -0.15) is 9.97 Å². The van der Waals surface area contributed by atoms with Crippen molar-refractivity contribution in [3.05, 3.63) is 104 Å². The second-order valence-electron chi connectivity index (χ2n) is 13.4. The summed E-state index contributed by atoms with van der Waals surface area (Å²) in [5.41, 5.74) is 12.9. The van der Waals surface area contributed by atoms with Crippen LogP contribution in [0.2, 0.25) is 0 Å². The smallest absolute Gasteiger partial charge is 0.550 e. The van der Waals surface area contributed by atoms with Gasteiger partial charge in [-0.3, -0.25) is 29.1 Å². The van der Waals surface area contributed by atoms with Crippen LogP contribution in [0.4, 0.5) is 23.3 Å². The van der Waals surface area contributed by atoms with Crippen LogP contribution in [0.3, 0.4) is 0 Å². The van der Waals surface area contributed by atoms with Crippen molar-refractivity contribution in [1.29, 1.82) is 0 Å². The predicted octanol–water partition coefficient (Wildman–Crippen LogP) is -2.76. The zero-order valence-electron chi connectivity index (χ0n) is 33.3. The van der Waals surface area contributed by atoms with Crippen LogP contribution in [0.5, 0.6) is 0 Å². The fraction of sp³-hybridized carbons (Fsp3) is 0.211. The summed E-state index contributed by atoms with van der Waals surface area (Å²) >= 11 is 0. The summed E-state index contributed by atoms with van der Waals surface area (Å²) in [5, 5.41) is 49.9. The van der Waals surface area contributed by atoms with E-state index in [1.807, 2.05) is 0 Å². The minimum Gasteiger partial charge on any atom is -0.550 e. The summed E-state index contributed by atoms with van der Waals surface area (Å²) < 4.78 is 0. The molecule has 65 heavy (non-hydrogen) atoms. The number of anilines is 4. The second kappa shape index (κ2) is 22.5. The van der Waals surface area contributed by atoms with E-state index in [0.29, 0.717) is 22.8 Å². The number of aliphatic carboxylic acids is 4. The maximum Gasteiger partial charge on any atom is 2.00 e. The molecular weight excluding hydrogens is 900 g/mol. The molecule has 2 aromatic carbocycles. The Hall–Kier alpha value is -8.58. The normalized spacial score (nSPS) is 11.4. The van der Waals surface area contributed by atoms with Gasteiger partial charge in [0.1, 0.15) is 12.1 Å². The third-order valence-corrected chi connectivity index (χ3v) is 8.69. The number of benzene rings is 2. The third-order valence-electron chi connectivity index (χ3n) is 8.69. The molecule has 6 rings (SSSR count). The number of carbonyl (C=O) groups excluding carboxylic acids is 4. The first kappa shape index (κ1) is 49.1. The Morgan fingerprint density at radius 3 is 1.28 bits per heavy atom. The number of aromatic amines is 2. The van der Waals surface area contributed by atoms with Gasteiger partial charge in [-0.15, -0.1) is 0 Å². The molecule has 0 saturated heterocycles. The van der Waals surface area contributed by atoms with Crippen molar-refractivity contribution in [1.82, 2.24) is 50.5 Å². The van der Waals surface area contributed by atoms with E-state index in [4.69, 9.17) is 21.7 Å². The van der Waals surface area contributed by atoms with Crippen LogP contribution in [-0.4, -0.2) is 97.9 Å². The van der Waals surface area contributed by atoms with Crippen LogP contribution >= 0.6 is 0 Å². The molecule has 338 valence electrons. The minimum absolute atomic E-state index is 0. The van der Waals surface area contributed by atoms with Gasteiger partial charge in [-0.25, -0.2) is 29.5 Å². The molecule has 0 unspecified atom stereocenters. The Kier molecular flexibility index (Phi) is 17.0. The summed E-state index contributed by atoms with van der Waals surface area (Å²) in [6.07, 6.45) is 1.32. The molecule has 27 heteroatoms.